The lowest BCUT2D eigenvalue weighted by atomic mass is 10.1. The molecule has 4 nitrogen and oxygen atoms in total. The van der Waals surface area contributed by atoms with E-state index in [1.807, 2.05) is 0 Å². The summed E-state index contributed by atoms with van der Waals surface area (Å²) in [5.74, 6) is 0.407. The molecule has 0 amide bonds. The normalized spacial score (nSPS) is 16.1. The summed E-state index contributed by atoms with van der Waals surface area (Å²) in [4.78, 5) is 6.21. The van der Waals surface area contributed by atoms with Gasteiger partial charge < -0.3 is 0 Å². The van der Waals surface area contributed by atoms with Crippen LogP contribution >= 0.6 is 0 Å². The summed E-state index contributed by atoms with van der Waals surface area (Å²) in [6.45, 7) is 7.90. The predicted octanol–water partition coefficient (Wildman–Crippen LogP) is 3.40. The van der Waals surface area contributed by atoms with Gasteiger partial charge in [0.25, 0.3) is 0 Å². The fourth-order valence-electron chi connectivity index (χ4n) is 2.50. The molecule has 0 fully saturated rings. The van der Waals surface area contributed by atoms with Gasteiger partial charge in [0.15, 0.2) is 5.82 Å². The average molecular weight is 310 g/mol. The fraction of sp³-hybridized carbons (Fsp3) is 0.467. The van der Waals surface area contributed by atoms with E-state index in [1.165, 1.54) is 6.07 Å². The molecule has 0 bridgehead atoms. The molecule has 1 aliphatic rings. The van der Waals surface area contributed by atoms with Crippen molar-refractivity contribution in [3.05, 3.63) is 41.3 Å². The Hall–Kier alpha value is -1.89. The number of alkyl halides is 3. The van der Waals surface area contributed by atoms with Gasteiger partial charge in [0.1, 0.15) is 0 Å². The minimum absolute atomic E-state index is 0.0252. The summed E-state index contributed by atoms with van der Waals surface area (Å²) in [6, 6.07) is 2.39. The van der Waals surface area contributed by atoms with Crippen LogP contribution in [0.25, 0.3) is 5.82 Å². The molecule has 22 heavy (non-hydrogen) atoms. The molecule has 0 aliphatic carbocycles. The van der Waals surface area contributed by atoms with Gasteiger partial charge in [-0.15, -0.1) is 0 Å². The Bertz CT molecular complexity index is 680. The largest absolute Gasteiger partial charge is 0.417 e. The first-order valence-corrected chi connectivity index (χ1v) is 7.01. The molecule has 3 heterocycles. The van der Waals surface area contributed by atoms with Crippen LogP contribution in [0.4, 0.5) is 13.2 Å². The first-order valence-electron chi connectivity index (χ1n) is 7.01. The molecule has 2 aromatic heterocycles. The predicted molar refractivity (Wildman–Crippen MR) is 75.4 cm³/mol. The molecular weight excluding hydrogens is 293 g/mol. The second-order valence-electron chi connectivity index (χ2n) is 6.46. The third-order valence-corrected chi connectivity index (χ3v) is 3.90. The lowest BCUT2D eigenvalue weighted by molar-refractivity contribution is -0.137. The van der Waals surface area contributed by atoms with Gasteiger partial charge in [0.05, 0.1) is 17.5 Å². The van der Waals surface area contributed by atoms with E-state index < -0.39 is 11.7 Å². The summed E-state index contributed by atoms with van der Waals surface area (Å²) in [6.07, 6.45) is -1.76. The monoisotopic (exact) mass is 310 g/mol. The zero-order valence-corrected chi connectivity index (χ0v) is 12.6. The maximum absolute atomic E-state index is 12.6. The maximum atomic E-state index is 12.6. The van der Waals surface area contributed by atoms with Crippen molar-refractivity contribution in [2.24, 2.45) is 0 Å². The van der Waals surface area contributed by atoms with Crippen molar-refractivity contribution in [2.75, 3.05) is 0 Å². The number of hydrogen-bond acceptors (Lipinski definition) is 3. The lowest BCUT2D eigenvalue weighted by Crippen LogP contribution is -2.37. The minimum Gasteiger partial charge on any atom is -0.288 e. The standard InChI is InChI=1S/C15H17F3N4/c1-14(2,3)21-8-10-6-20-22(12(10)9-21)13-5-4-11(7-19-13)15(16,17)18/h4-7H,8-9H2,1-3H3. The highest BCUT2D eigenvalue weighted by atomic mass is 19.4. The molecule has 3 rings (SSSR count). The number of halogens is 3. The Balaban J connectivity index is 1.90. The zero-order valence-electron chi connectivity index (χ0n) is 12.6. The number of pyridine rings is 1. The van der Waals surface area contributed by atoms with Gasteiger partial charge in [-0.2, -0.15) is 18.3 Å². The van der Waals surface area contributed by atoms with Gasteiger partial charge in [-0.1, -0.05) is 0 Å². The highest BCUT2D eigenvalue weighted by molar-refractivity contribution is 5.33. The van der Waals surface area contributed by atoms with Gasteiger partial charge in [0.2, 0.25) is 0 Å². The summed E-state index contributed by atoms with van der Waals surface area (Å²) in [7, 11) is 0. The van der Waals surface area contributed by atoms with E-state index in [1.54, 1.807) is 10.9 Å². The highest BCUT2D eigenvalue weighted by Crippen LogP contribution is 2.31. The van der Waals surface area contributed by atoms with Gasteiger partial charge >= 0.3 is 6.18 Å². The SMILES string of the molecule is CC(C)(C)N1Cc2cnn(-c3ccc(C(F)(F)F)cn3)c2C1. The first-order chi connectivity index (χ1) is 10.2. The Morgan fingerprint density at radius 3 is 2.32 bits per heavy atom. The van der Waals surface area contributed by atoms with Crippen LogP contribution in [0.3, 0.4) is 0 Å². The quantitative estimate of drug-likeness (QED) is 0.809. The van der Waals surface area contributed by atoms with E-state index >= 15 is 0 Å². The highest BCUT2D eigenvalue weighted by Gasteiger charge is 2.33. The topological polar surface area (TPSA) is 34.0 Å². The second kappa shape index (κ2) is 4.81. The summed E-state index contributed by atoms with van der Waals surface area (Å²) in [5, 5.41) is 4.26. The number of hydrogen-bond donors (Lipinski definition) is 0. The number of aromatic nitrogens is 3. The van der Waals surface area contributed by atoms with Crippen LogP contribution in [-0.4, -0.2) is 25.2 Å². The maximum Gasteiger partial charge on any atom is 0.417 e. The van der Waals surface area contributed by atoms with Crippen LogP contribution in [0.1, 0.15) is 37.6 Å². The van der Waals surface area contributed by atoms with Gasteiger partial charge in [0, 0.05) is 30.4 Å². The Morgan fingerprint density at radius 1 is 1.05 bits per heavy atom. The van der Waals surface area contributed by atoms with Gasteiger partial charge in [-0.25, -0.2) is 9.67 Å². The van der Waals surface area contributed by atoms with Crippen molar-refractivity contribution in [3.8, 4) is 5.82 Å². The molecule has 0 atom stereocenters. The molecule has 0 spiro atoms. The van der Waals surface area contributed by atoms with Crippen LogP contribution < -0.4 is 0 Å². The van der Waals surface area contributed by atoms with E-state index in [2.05, 4.69) is 35.8 Å². The third-order valence-electron chi connectivity index (χ3n) is 3.90. The van der Waals surface area contributed by atoms with Crippen LogP contribution in [0, 0.1) is 0 Å². The van der Waals surface area contributed by atoms with E-state index in [4.69, 9.17) is 0 Å². The van der Waals surface area contributed by atoms with Crippen molar-refractivity contribution in [1.29, 1.82) is 0 Å². The average Bonchev–Trinajstić information content (AvgIpc) is 2.96. The van der Waals surface area contributed by atoms with Crippen molar-refractivity contribution in [2.45, 2.75) is 45.6 Å². The summed E-state index contributed by atoms with van der Waals surface area (Å²) < 4.78 is 39.4. The molecule has 0 saturated heterocycles. The van der Waals surface area contributed by atoms with Crippen molar-refractivity contribution in [1.82, 2.24) is 19.7 Å². The van der Waals surface area contributed by atoms with Crippen molar-refractivity contribution >= 4 is 0 Å². The van der Waals surface area contributed by atoms with Crippen LogP contribution in [0.5, 0.6) is 0 Å². The fourth-order valence-corrected chi connectivity index (χ4v) is 2.50. The van der Waals surface area contributed by atoms with E-state index in [0.717, 1.165) is 30.1 Å². The van der Waals surface area contributed by atoms with Gasteiger partial charge in [-0.05, 0) is 32.9 Å². The second-order valence-corrected chi connectivity index (χ2v) is 6.46. The molecule has 2 aromatic rings. The molecule has 0 unspecified atom stereocenters. The van der Waals surface area contributed by atoms with Crippen LogP contribution in [0.2, 0.25) is 0 Å². The van der Waals surface area contributed by atoms with Crippen LogP contribution in [-0.2, 0) is 19.3 Å². The van der Waals surface area contributed by atoms with E-state index in [-0.39, 0.29) is 5.54 Å². The van der Waals surface area contributed by atoms with E-state index in [0.29, 0.717) is 12.4 Å². The number of rotatable bonds is 1. The smallest absolute Gasteiger partial charge is 0.288 e. The van der Waals surface area contributed by atoms with Crippen LogP contribution in [0.15, 0.2) is 24.5 Å². The van der Waals surface area contributed by atoms with E-state index in [9.17, 15) is 13.2 Å². The molecule has 0 aromatic carbocycles. The van der Waals surface area contributed by atoms with Crippen molar-refractivity contribution in [3.63, 3.8) is 0 Å². The molecule has 118 valence electrons. The molecule has 0 saturated carbocycles. The number of fused-ring (bicyclic) bond motifs is 1. The summed E-state index contributed by atoms with van der Waals surface area (Å²) >= 11 is 0. The van der Waals surface area contributed by atoms with Crippen molar-refractivity contribution < 1.29 is 13.2 Å². The first kappa shape index (κ1) is 15.0. The molecular formula is C15H17F3N4. The van der Waals surface area contributed by atoms with Gasteiger partial charge in [-0.3, -0.25) is 4.90 Å². The summed E-state index contributed by atoms with van der Waals surface area (Å²) in [5.41, 5.74) is 1.35. The number of nitrogens with zero attached hydrogens (tertiary/aromatic N) is 4. The molecule has 1 aliphatic heterocycles. The molecule has 0 radical (unpaired) electrons. The Labute approximate surface area is 126 Å². The molecule has 7 heteroatoms. The minimum atomic E-state index is -4.37. The Kier molecular flexibility index (Phi) is 3.28. The molecule has 0 N–H and O–H groups in total. The third kappa shape index (κ3) is 2.61. The Morgan fingerprint density at radius 2 is 1.77 bits per heavy atom. The lowest BCUT2D eigenvalue weighted by Gasteiger charge is -2.31. The zero-order chi connectivity index (χ0) is 16.1.